The summed E-state index contributed by atoms with van der Waals surface area (Å²) >= 11 is 1.62. The van der Waals surface area contributed by atoms with Crippen LogP contribution in [-0.2, 0) is 25.6 Å². The van der Waals surface area contributed by atoms with E-state index in [4.69, 9.17) is 14.2 Å². The highest BCUT2D eigenvalue weighted by molar-refractivity contribution is 7.98. The summed E-state index contributed by atoms with van der Waals surface area (Å²) in [4.78, 5) is 28.3. The number of ether oxygens (including phenoxy) is 3. The van der Waals surface area contributed by atoms with Crippen LogP contribution in [0.5, 0.6) is 5.75 Å². The molecular formula is C24H25NO5S. The van der Waals surface area contributed by atoms with Crippen LogP contribution in [0.2, 0.25) is 0 Å². The van der Waals surface area contributed by atoms with Crippen LogP contribution in [0.4, 0.5) is 0 Å². The molecule has 7 heteroatoms. The van der Waals surface area contributed by atoms with Gasteiger partial charge in [-0.05, 0) is 41.6 Å². The summed E-state index contributed by atoms with van der Waals surface area (Å²) in [5, 5.41) is 0. The number of esters is 2. The Kier molecular flexibility index (Phi) is 7.41. The molecule has 0 radical (unpaired) electrons. The second-order valence-corrected chi connectivity index (χ2v) is 7.76. The lowest BCUT2D eigenvalue weighted by Gasteiger charge is -2.30. The number of methoxy groups -OCH3 is 3. The topological polar surface area (TPSA) is 65.1 Å². The lowest BCUT2D eigenvalue weighted by Crippen LogP contribution is -2.28. The molecule has 0 bridgehead atoms. The minimum absolute atomic E-state index is 0.371. The first-order chi connectivity index (χ1) is 15.0. The third kappa shape index (κ3) is 5.11. The fraction of sp³-hybridized carbons (Fsp3) is 0.250. The molecule has 2 aromatic carbocycles. The van der Waals surface area contributed by atoms with Crippen molar-refractivity contribution >= 4 is 23.7 Å². The van der Waals surface area contributed by atoms with Gasteiger partial charge in [-0.15, -0.1) is 11.8 Å². The highest BCUT2D eigenvalue weighted by Gasteiger charge is 2.35. The molecule has 0 spiro atoms. The van der Waals surface area contributed by atoms with Gasteiger partial charge in [0, 0.05) is 23.8 Å². The fourth-order valence-electron chi connectivity index (χ4n) is 3.48. The van der Waals surface area contributed by atoms with Gasteiger partial charge in [-0.25, -0.2) is 9.59 Å². The van der Waals surface area contributed by atoms with Gasteiger partial charge in [-0.1, -0.05) is 24.3 Å². The molecule has 6 nitrogen and oxygen atoms in total. The van der Waals surface area contributed by atoms with Gasteiger partial charge >= 0.3 is 11.9 Å². The average molecular weight is 440 g/mol. The van der Waals surface area contributed by atoms with Gasteiger partial charge in [0.05, 0.1) is 38.4 Å². The predicted molar refractivity (Wildman–Crippen MR) is 120 cm³/mol. The number of carbonyl (C=O) groups excluding carboxylic acids is 2. The molecule has 0 saturated carbocycles. The highest BCUT2D eigenvalue weighted by atomic mass is 32.2. The van der Waals surface area contributed by atoms with Crippen molar-refractivity contribution in [3.05, 3.63) is 83.2 Å². The summed E-state index contributed by atoms with van der Waals surface area (Å²) in [7, 11) is 4.28. The van der Waals surface area contributed by atoms with E-state index in [0.29, 0.717) is 17.7 Å². The van der Waals surface area contributed by atoms with E-state index in [-0.39, 0.29) is 0 Å². The largest absolute Gasteiger partial charge is 0.497 e. The zero-order chi connectivity index (χ0) is 22.4. The van der Waals surface area contributed by atoms with E-state index in [1.165, 1.54) is 14.2 Å². The molecule has 0 unspecified atom stereocenters. The standard InChI is InChI=1S/C24H25NO5S/c1-28-18-9-5-16(6-10-18)13-25-14-20(23(26)29-2)22(21(15-25)24(27)30-3)17-7-11-19(31-4)12-8-17/h5-12,14-15,22H,13H2,1-4H3. The van der Waals surface area contributed by atoms with Gasteiger partial charge in [0.15, 0.2) is 0 Å². The Morgan fingerprint density at radius 1 is 0.871 bits per heavy atom. The van der Waals surface area contributed by atoms with Gasteiger partial charge < -0.3 is 19.1 Å². The Balaban J connectivity index is 2.02. The smallest absolute Gasteiger partial charge is 0.336 e. The maximum atomic E-state index is 12.7. The first-order valence-electron chi connectivity index (χ1n) is 9.63. The average Bonchev–Trinajstić information content (AvgIpc) is 2.83. The lowest BCUT2D eigenvalue weighted by atomic mass is 9.83. The molecule has 1 aliphatic heterocycles. The molecule has 0 aliphatic carbocycles. The van der Waals surface area contributed by atoms with E-state index in [0.717, 1.165) is 21.8 Å². The number of benzene rings is 2. The maximum Gasteiger partial charge on any atom is 0.336 e. The molecule has 1 heterocycles. The Bertz CT molecular complexity index is 962. The molecule has 0 atom stereocenters. The zero-order valence-electron chi connectivity index (χ0n) is 18.0. The van der Waals surface area contributed by atoms with Crippen molar-refractivity contribution < 1.29 is 23.8 Å². The molecule has 3 rings (SSSR count). The summed E-state index contributed by atoms with van der Waals surface area (Å²) in [6.07, 6.45) is 5.46. The number of thioether (sulfide) groups is 1. The van der Waals surface area contributed by atoms with E-state index < -0.39 is 17.9 Å². The second kappa shape index (κ2) is 10.2. The van der Waals surface area contributed by atoms with Crippen LogP contribution in [-0.4, -0.2) is 44.4 Å². The van der Waals surface area contributed by atoms with Gasteiger partial charge in [0.2, 0.25) is 0 Å². The predicted octanol–water partition coefficient (Wildman–Crippen LogP) is 4.13. The first-order valence-corrected chi connectivity index (χ1v) is 10.9. The second-order valence-electron chi connectivity index (χ2n) is 6.88. The minimum Gasteiger partial charge on any atom is -0.497 e. The van der Waals surface area contributed by atoms with E-state index in [9.17, 15) is 9.59 Å². The van der Waals surface area contributed by atoms with Crippen molar-refractivity contribution in [3.63, 3.8) is 0 Å². The van der Waals surface area contributed by atoms with Crippen molar-refractivity contribution in [2.75, 3.05) is 27.6 Å². The molecule has 2 aromatic rings. The quantitative estimate of drug-likeness (QED) is 0.475. The van der Waals surface area contributed by atoms with Crippen molar-refractivity contribution in [3.8, 4) is 5.75 Å². The molecule has 31 heavy (non-hydrogen) atoms. The monoisotopic (exact) mass is 439 g/mol. The molecule has 0 N–H and O–H groups in total. The van der Waals surface area contributed by atoms with E-state index in [1.54, 1.807) is 36.2 Å². The Labute approximate surface area is 186 Å². The molecule has 1 aliphatic rings. The molecular weight excluding hydrogens is 414 g/mol. The van der Waals surface area contributed by atoms with Gasteiger partial charge in [-0.3, -0.25) is 0 Å². The van der Waals surface area contributed by atoms with Crippen LogP contribution < -0.4 is 4.74 Å². The molecule has 0 amide bonds. The fourth-order valence-corrected chi connectivity index (χ4v) is 3.88. The minimum atomic E-state index is -0.581. The Hall–Kier alpha value is -3.19. The van der Waals surface area contributed by atoms with Crippen LogP contribution in [0.3, 0.4) is 0 Å². The number of rotatable bonds is 7. The SMILES string of the molecule is COC(=O)C1=CN(Cc2ccc(OC)cc2)C=C(C(=O)OC)C1c1ccc(SC)cc1. The summed E-state index contributed by atoms with van der Waals surface area (Å²) in [5.41, 5.74) is 2.55. The maximum absolute atomic E-state index is 12.7. The molecule has 0 saturated heterocycles. The van der Waals surface area contributed by atoms with E-state index in [2.05, 4.69) is 0 Å². The summed E-state index contributed by atoms with van der Waals surface area (Å²) in [6, 6.07) is 15.4. The number of nitrogens with zero attached hydrogens (tertiary/aromatic N) is 1. The Morgan fingerprint density at radius 2 is 1.42 bits per heavy atom. The van der Waals surface area contributed by atoms with Crippen molar-refractivity contribution in [2.45, 2.75) is 17.4 Å². The summed E-state index contributed by atoms with van der Waals surface area (Å²) < 4.78 is 15.3. The Morgan fingerprint density at radius 3 is 1.87 bits per heavy atom. The van der Waals surface area contributed by atoms with Crippen molar-refractivity contribution in [1.82, 2.24) is 4.90 Å². The highest BCUT2D eigenvalue weighted by Crippen LogP contribution is 2.38. The summed E-state index contributed by atoms with van der Waals surface area (Å²) in [6.45, 7) is 0.461. The van der Waals surface area contributed by atoms with E-state index >= 15 is 0 Å². The summed E-state index contributed by atoms with van der Waals surface area (Å²) in [5.74, 6) is -0.808. The first kappa shape index (κ1) is 22.5. The van der Waals surface area contributed by atoms with Crippen LogP contribution in [0.1, 0.15) is 17.0 Å². The third-order valence-corrected chi connectivity index (χ3v) is 5.79. The van der Waals surface area contributed by atoms with Gasteiger partial charge in [0.25, 0.3) is 0 Å². The lowest BCUT2D eigenvalue weighted by molar-refractivity contribution is -0.137. The molecule has 0 fully saturated rings. The van der Waals surface area contributed by atoms with Gasteiger partial charge in [0.1, 0.15) is 5.75 Å². The third-order valence-electron chi connectivity index (χ3n) is 5.05. The molecule has 162 valence electrons. The zero-order valence-corrected chi connectivity index (χ0v) is 18.8. The number of hydrogen-bond donors (Lipinski definition) is 0. The van der Waals surface area contributed by atoms with E-state index in [1.807, 2.05) is 54.8 Å². The van der Waals surface area contributed by atoms with Crippen molar-refractivity contribution in [2.24, 2.45) is 0 Å². The number of hydrogen-bond acceptors (Lipinski definition) is 7. The molecule has 0 aromatic heterocycles. The van der Waals surface area contributed by atoms with Gasteiger partial charge in [-0.2, -0.15) is 0 Å². The van der Waals surface area contributed by atoms with Crippen LogP contribution in [0, 0.1) is 0 Å². The normalized spacial score (nSPS) is 13.9. The van der Waals surface area contributed by atoms with Crippen LogP contribution in [0.25, 0.3) is 0 Å². The van der Waals surface area contributed by atoms with Crippen LogP contribution in [0.15, 0.2) is 77.0 Å². The van der Waals surface area contributed by atoms with Crippen LogP contribution >= 0.6 is 11.8 Å². The number of carbonyl (C=O) groups is 2. The van der Waals surface area contributed by atoms with Crippen molar-refractivity contribution in [1.29, 1.82) is 0 Å².